The Morgan fingerprint density at radius 3 is 2.53 bits per heavy atom. The molecular formula is C22H21BrClN3O3. The molecule has 3 rings (SSSR count). The minimum absolute atomic E-state index is 0.173. The SMILES string of the molecule is Cc1cc(NC(=O)Cn2c(-c3ccc(Cl)cc3)nc(C)c(CCO)c2=O)ccc1Br. The van der Waals surface area contributed by atoms with Gasteiger partial charge in [0.25, 0.3) is 5.56 Å². The fourth-order valence-electron chi connectivity index (χ4n) is 3.13. The van der Waals surface area contributed by atoms with Crippen LogP contribution in [-0.2, 0) is 17.8 Å². The average Bonchev–Trinajstić information content (AvgIpc) is 2.70. The smallest absolute Gasteiger partial charge is 0.257 e. The van der Waals surface area contributed by atoms with E-state index in [0.717, 1.165) is 10.0 Å². The third kappa shape index (κ3) is 4.98. The van der Waals surface area contributed by atoms with Gasteiger partial charge in [-0.25, -0.2) is 4.98 Å². The van der Waals surface area contributed by atoms with Crippen LogP contribution in [0.5, 0.6) is 0 Å². The number of amides is 1. The van der Waals surface area contributed by atoms with Crippen LogP contribution in [0.25, 0.3) is 11.4 Å². The molecule has 0 aliphatic heterocycles. The maximum atomic E-state index is 13.1. The van der Waals surface area contributed by atoms with Crippen LogP contribution in [0.15, 0.2) is 51.7 Å². The number of hydrogen-bond acceptors (Lipinski definition) is 4. The van der Waals surface area contributed by atoms with Gasteiger partial charge in [-0.05, 0) is 61.9 Å². The number of aromatic nitrogens is 2. The van der Waals surface area contributed by atoms with E-state index in [9.17, 15) is 14.7 Å². The zero-order chi connectivity index (χ0) is 21.8. The van der Waals surface area contributed by atoms with Crippen LogP contribution >= 0.6 is 27.5 Å². The van der Waals surface area contributed by atoms with Gasteiger partial charge in [-0.1, -0.05) is 27.5 Å². The lowest BCUT2D eigenvalue weighted by molar-refractivity contribution is -0.116. The first-order valence-electron chi connectivity index (χ1n) is 9.33. The molecule has 8 heteroatoms. The summed E-state index contributed by atoms with van der Waals surface area (Å²) in [5.74, 6) is 0.0210. The maximum Gasteiger partial charge on any atom is 0.257 e. The Morgan fingerprint density at radius 2 is 1.90 bits per heavy atom. The van der Waals surface area contributed by atoms with Crippen molar-refractivity contribution >= 4 is 39.1 Å². The number of nitrogens with one attached hydrogen (secondary N) is 1. The Morgan fingerprint density at radius 1 is 1.20 bits per heavy atom. The normalized spacial score (nSPS) is 10.8. The molecule has 6 nitrogen and oxygen atoms in total. The van der Waals surface area contributed by atoms with Crippen molar-refractivity contribution in [3.8, 4) is 11.4 Å². The van der Waals surface area contributed by atoms with Crippen molar-refractivity contribution in [3.05, 3.63) is 79.1 Å². The van der Waals surface area contributed by atoms with Crippen LogP contribution in [0, 0.1) is 13.8 Å². The summed E-state index contributed by atoms with van der Waals surface area (Å²) in [5.41, 5.74) is 2.86. The van der Waals surface area contributed by atoms with E-state index in [1.165, 1.54) is 4.57 Å². The van der Waals surface area contributed by atoms with E-state index in [0.29, 0.717) is 33.4 Å². The number of halogens is 2. The molecule has 0 spiro atoms. The number of aliphatic hydroxyl groups is 1. The first-order chi connectivity index (χ1) is 14.3. The lowest BCUT2D eigenvalue weighted by Gasteiger charge is -2.16. The second-order valence-corrected chi connectivity index (χ2v) is 8.17. The Bertz CT molecular complexity index is 1140. The molecular weight excluding hydrogens is 470 g/mol. The summed E-state index contributed by atoms with van der Waals surface area (Å²) in [5, 5.41) is 12.7. The molecule has 1 heterocycles. The highest BCUT2D eigenvalue weighted by atomic mass is 79.9. The van der Waals surface area contributed by atoms with Gasteiger partial charge < -0.3 is 10.4 Å². The summed E-state index contributed by atoms with van der Waals surface area (Å²) in [4.78, 5) is 30.4. The van der Waals surface area contributed by atoms with Gasteiger partial charge >= 0.3 is 0 Å². The van der Waals surface area contributed by atoms with Crippen molar-refractivity contribution in [1.29, 1.82) is 0 Å². The number of carbonyl (C=O) groups is 1. The van der Waals surface area contributed by atoms with Crippen molar-refractivity contribution in [2.24, 2.45) is 0 Å². The van der Waals surface area contributed by atoms with Crippen LogP contribution < -0.4 is 10.9 Å². The highest BCUT2D eigenvalue weighted by molar-refractivity contribution is 9.10. The monoisotopic (exact) mass is 489 g/mol. The third-order valence-electron chi connectivity index (χ3n) is 4.68. The average molecular weight is 491 g/mol. The van der Waals surface area contributed by atoms with Crippen LogP contribution in [0.2, 0.25) is 5.02 Å². The number of anilines is 1. The van der Waals surface area contributed by atoms with Gasteiger partial charge in [0, 0.05) is 45.0 Å². The van der Waals surface area contributed by atoms with Crippen molar-refractivity contribution in [3.63, 3.8) is 0 Å². The molecule has 0 saturated heterocycles. The fourth-order valence-corrected chi connectivity index (χ4v) is 3.51. The van der Waals surface area contributed by atoms with Crippen LogP contribution in [0.1, 0.15) is 16.8 Å². The van der Waals surface area contributed by atoms with Crippen molar-refractivity contribution in [1.82, 2.24) is 9.55 Å². The van der Waals surface area contributed by atoms with E-state index in [4.69, 9.17) is 11.6 Å². The summed E-state index contributed by atoms with van der Waals surface area (Å²) in [6.07, 6.45) is 0.173. The molecule has 0 atom stereocenters. The van der Waals surface area contributed by atoms with Crippen LogP contribution in [0.3, 0.4) is 0 Å². The van der Waals surface area contributed by atoms with E-state index in [1.807, 2.05) is 19.1 Å². The lowest BCUT2D eigenvalue weighted by atomic mass is 10.1. The van der Waals surface area contributed by atoms with Gasteiger partial charge in [-0.3, -0.25) is 14.2 Å². The van der Waals surface area contributed by atoms with Gasteiger partial charge in [0.15, 0.2) is 0 Å². The summed E-state index contributed by atoms with van der Waals surface area (Å²) < 4.78 is 2.28. The topological polar surface area (TPSA) is 84.2 Å². The van der Waals surface area contributed by atoms with Gasteiger partial charge in [0.2, 0.25) is 5.91 Å². The largest absolute Gasteiger partial charge is 0.396 e. The van der Waals surface area contributed by atoms with E-state index < -0.39 is 0 Å². The summed E-state index contributed by atoms with van der Waals surface area (Å²) in [6.45, 7) is 3.26. The molecule has 2 N–H and O–H groups in total. The van der Waals surface area contributed by atoms with Gasteiger partial charge in [-0.15, -0.1) is 0 Å². The zero-order valence-electron chi connectivity index (χ0n) is 16.6. The molecule has 0 aliphatic rings. The van der Waals surface area contributed by atoms with Crippen molar-refractivity contribution < 1.29 is 9.90 Å². The van der Waals surface area contributed by atoms with Crippen LogP contribution in [0.4, 0.5) is 5.69 Å². The molecule has 0 aliphatic carbocycles. The molecule has 30 heavy (non-hydrogen) atoms. The number of carbonyl (C=O) groups excluding carboxylic acids is 1. The number of aliphatic hydroxyl groups excluding tert-OH is 1. The Balaban J connectivity index is 2.01. The molecule has 3 aromatic rings. The quantitative estimate of drug-likeness (QED) is 0.544. The molecule has 0 fully saturated rings. The van der Waals surface area contributed by atoms with Crippen molar-refractivity contribution in [2.75, 3.05) is 11.9 Å². The Hall–Kier alpha value is -2.48. The molecule has 0 bridgehead atoms. The second-order valence-electron chi connectivity index (χ2n) is 6.88. The van der Waals surface area contributed by atoms with Gasteiger partial charge in [0.05, 0.1) is 0 Å². The molecule has 1 amide bonds. The highest BCUT2D eigenvalue weighted by Gasteiger charge is 2.18. The summed E-state index contributed by atoms with van der Waals surface area (Å²) in [7, 11) is 0. The molecule has 0 saturated carbocycles. The molecule has 0 radical (unpaired) electrons. The summed E-state index contributed by atoms with van der Waals surface area (Å²) in [6, 6.07) is 12.4. The maximum absolute atomic E-state index is 13.1. The molecule has 156 valence electrons. The first kappa shape index (κ1) is 22.2. The van der Waals surface area contributed by atoms with Crippen molar-refractivity contribution in [2.45, 2.75) is 26.8 Å². The molecule has 1 aromatic heterocycles. The Kier molecular flexibility index (Phi) is 7.07. The van der Waals surface area contributed by atoms with Gasteiger partial charge in [0.1, 0.15) is 12.4 Å². The predicted molar refractivity (Wildman–Crippen MR) is 122 cm³/mol. The third-order valence-corrected chi connectivity index (χ3v) is 5.82. The number of rotatable bonds is 6. The van der Waals surface area contributed by atoms with E-state index in [1.54, 1.807) is 37.3 Å². The standard InChI is InChI=1S/C22H21BrClN3O3/c1-13-11-17(7-8-19(13)23)26-20(29)12-27-21(15-3-5-16(24)6-4-15)25-14(2)18(9-10-28)22(27)30/h3-8,11,28H,9-10,12H2,1-2H3,(H,26,29). The van der Waals surface area contributed by atoms with E-state index >= 15 is 0 Å². The number of hydrogen-bond donors (Lipinski definition) is 2. The summed E-state index contributed by atoms with van der Waals surface area (Å²) >= 11 is 9.41. The first-order valence-corrected chi connectivity index (χ1v) is 10.5. The predicted octanol–water partition coefficient (Wildman–Crippen LogP) is 4.12. The highest BCUT2D eigenvalue weighted by Crippen LogP contribution is 2.22. The van der Waals surface area contributed by atoms with E-state index in [-0.39, 0.29) is 31.0 Å². The van der Waals surface area contributed by atoms with Gasteiger partial charge in [-0.2, -0.15) is 0 Å². The molecule has 0 unspecified atom stereocenters. The minimum atomic E-state index is -0.352. The van der Waals surface area contributed by atoms with E-state index in [2.05, 4.69) is 26.2 Å². The number of nitrogens with zero attached hydrogens (tertiary/aromatic N) is 2. The number of benzene rings is 2. The minimum Gasteiger partial charge on any atom is -0.396 e. The van der Waals surface area contributed by atoms with Crippen LogP contribution in [-0.4, -0.2) is 27.2 Å². The molecule has 2 aromatic carbocycles. The zero-order valence-corrected chi connectivity index (χ0v) is 18.9. The number of aryl methyl sites for hydroxylation is 2. The Labute approximate surface area is 187 Å². The lowest BCUT2D eigenvalue weighted by Crippen LogP contribution is -2.33. The fraction of sp³-hybridized carbons (Fsp3) is 0.227. The second kappa shape index (κ2) is 9.55.